The Morgan fingerprint density at radius 2 is 2.11 bits per heavy atom. The zero-order valence-electron chi connectivity index (χ0n) is 10.7. The molecule has 1 heterocycles. The maximum absolute atomic E-state index is 11.3. The van der Waals surface area contributed by atoms with E-state index in [0.29, 0.717) is 11.0 Å². The molecule has 0 saturated heterocycles. The zero-order valence-corrected chi connectivity index (χ0v) is 11.5. The summed E-state index contributed by atoms with van der Waals surface area (Å²) < 4.78 is 0. The normalized spacial score (nSPS) is 15.4. The molecule has 0 radical (unpaired) electrons. The first-order chi connectivity index (χ1) is 9.09. The van der Waals surface area contributed by atoms with Gasteiger partial charge >= 0.3 is 0 Å². The number of rotatable bonds is 5. The highest BCUT2D eigenvalue weighted by Crippen LogP contribution is 2.29. The summed E-state index contributed by atoms with van der Waals surface area (Å²) in [6.45, 7) is 0.173. The molecule has 19 heavy (non-hydrogen) atoms. The van der Waals surface area contributed by atoms with E-state index in [1.165, 1.54) is 12.8 Å². The van der Waals surface area contributed by atoms with E-state index in [4.69, 9.17) is 23.7 Å². The molecule has 1 amide bonds. The van der Waals surface area contributed by atoms with Crippen molar-refractivity contribution in [3.8, 4) is 0 Å². The fraction of sp³-hybridized carbons (Fsp3) is 0.462. The molecule has 0 bridgehead atoms. The highest BCUT2D eigenvalue weighted by molar-refractivity contribution is 7.80. The van der Waals surface area contributed by atoms with E-state index in [1.807, 2.05) is 4.90 Å². The van der Waals surface area contributed by atoms with Crippen LogP contribution in [-0.4, -0.2) is 28.5 Å². The van der Waals surface area contributed by atoms with Crippen LogP contribution in [0.4, 0.5) is 5.69 Å². The van der Waals surface area contributed by atoms with E-state index in [-0.39, 0.29) is 12.5 Å². The number of aromatic nitrogens is 1. The molecular weight excluding hydrogens is 260 g/mol. The van der Waals surface area contributed by atoms with Gasteiger partial charge in [0.05, 0.1) is 18.4 Å². The minimum absolute atomic E-state index is 0.173. The van der Waals surface area contributed by atoms with Gasteiger partial charge in [0, 0.05) is 17.8 Å². The smallest absolute Gasteiger partial charge is 0.236 e. The lowest BCUT2D eigenvalue weighted by atomic mass is 10.1. The van der Waals surface area contributed by atoms with Gasteiger partial charge in [0.25, 0.3) is 0 Å². The van der Waals surface area contributed by atoms with Gasteiger partial charge in [-0.25, -0.2) is 0 Å². The van der Waals surface area contributed by atoms with E-state index in [9.17, 15) is 4.79 Å². The number of amides is 1. The van der Waals surface area contributed by atoms with Crippen molar-refractivity contribution < 1.29 is 4.79 Å². The molecule has 1 fully saturated rings. The Morgan fingerprint density at radius 3 is 2.68 bits per heavy atom. The number of primary amides is 1. The first-order valence-corrected chi connectivity index (χ1v) is 6.79. The summed E-state index contributed by atoms with van der Waals surface area (Å²) >= 11 is 5.06. The van der Waals surface area contributed by atoms with Crippen LogP contribution in [0.15, 0.2) is 18.5 Å². The number of thiocarbonyl (C=S) groups is 1. The molecule has 1 aromatic heterocycles. The summed E-state index contributed by atoms with van der Waals surface area (Å²) in [6, 6.07) is 2.09. The minimum atomic E-state index is -0.357. The maximum Gasteiger partial charge on any atom is 0.236 e. The van der Waals surface area contributed by atoms with Gasteiger partial charge in [-0.05, 0) is 18.9 Å². The van der Waals surface area contributed by atoms with Crippen LogP contribution in [0.2, 0.25) is 0 Å². The molecule has 1 aliphatic rings. The summed E-state index contributed by atoms with van der Waals surface area (Å²) in [5.74, 6) is -0.357. The fourth-order valence-electron chi connectivity index (χ4n) is 2.62. The fourth-order valence-corrected chi connectivity index (χ4v) is 2.79. The Labute approximate surface area is 118 Å². The molecule has 0 atom stereocenters. The lowest BCUT2D eigenvalue weighted by Crippen LogP contribution is -2.41. The largest absolute Gasteiger partial charge is 0.389 e. The molecule has 0 spiro atoms. The monoisotopic (exact) mass is 278 g/mol. The SMILES string of the molecule is NC(=O)CN(c1cnccc1C(N)=S)C1CCCC1. The summed E-state index contributed by atoms with van der Waals surface area (Å²) in [4.78, 5) is 17.7. The third kappa shape index (κ3) is 3.20. The standard InChI is InChI=1S/C13H18N4OS/c14-12(18)8-17(9-3-1-2-4-9)11-7-16-6-5-10(11)13(15)19/h5-7,9H,1-4,8H2,(H2,14,18)(H2,15,19). The molecule has 0 unspecified atom stereocenters. The predicted octanol–water partition coefficient (Wildman–Crippen LogP) is 0.950. The number of anilines is 1. The van der Waals surface area contributed by atoms with Crippen molar-refractivity contribution in [1.82, 2.24) is 4.98 Å². The van der Waals surface area contributed by atoms with Crippen molar-refractivity contribution in [3.63, 3.8) is 0 Å². The molecule has 0 aromatic carbocycles. The van der Waals surface area contributed by atoms with Gasteiger partial charge in [-0.1, -0.05) is 25.1 Å². The first kappa shape index (κ1) is 13.7. The van der Waals surface area contributed by atoms with E-state index < -0.39 is 0 Å². The van der Waals surface area contributed by atoms with Gasteiger partial charge < -0.3 is 16.4 Å². The van der Waals surface area contributed by atoms with Crippen molar-refractivity contribution in [3.05, 3.63) is 24.0 Å². The van der Waals surface area contributed by atoms with Gasteiger partial charge in [0.15, 0.2) is 0 Å². The Balaban J connectivity index is 2.36. The Kier molecular flexibility index (Phi) is 4.31. The maximum atomic E-state index is 11.3. The average Bonchev–Trinajstić information content (AvgIpc) is 2.89. The van der Waals surface area contributed by atoms with Crippen LogP contribution in [0, 0.1) is 0 Å². The van der Waals surface area contributed by atoms with E-state index >= 15 is 0 Å². The molecule has 5 nitrogen and oxygen atoms in total. The van der Waals surface area contributed by atoms with Crippen molar-refractivity contribution in [1.29, 1.82) is 0 Å². The van der Waals surface area contributed by atoms with Gasteiger partial charge in [0.1, 0.15) is 4.99 Å². The Bertz CT molecular complexity index is 485. The Hall–Kier alpha value is -1.69. The summed E-state index contributed by atoms with van der Waals surface area (Å²) in [5.41, 5.74) is 12.7. The Morgan fingerprint density at radius 1 is 1.42 bits per heavy atom. The van der Waals surface area contributed by atoms with Gasteiger partial charge in [-0.15, -0.1) is 0 Å². The second kappa shape index (κ2) is 5.97. The van der Waals surface area contributed by atoms with E-state index in [0.717, 1.165) is 24.1 Å². The average molecular weight is 278 g/mol. The number of carbonyl (C=O) groups excluding carboxylic acids is 1. The van der Waals surface area contributed by atoms with Gasteiger partial charge in [-0.2, -0.15) is 0 Å². The first-order valence-electron chi connectivity index (χ1n) is 6.38. The van der Waals surface area contributed by atoms with Crippen molar-refractivity contribution in [2.45, 2.75) is 31.7 Å². The quantitative estimate of drug-likeness (QED) is 0.783. The minimum Gasteiger partial charge on any atom is -0.389 e. The molecular formula is C13H18N4OS. The number of pyridine rings is 1. The van der Waals surface area contributed by atoms with Crippen LogP contribution in [0.5, 0.6) is 0 Å². The number of hydrogen-bond acceptors (Lipinski definition) is 4. The second-order valence-electron chi connectivity index (χ2n) is 4.79. The lowest BCUT2D eigenvalue weighted by Gasteiger charge is -2.31. The highest BCUT2D eigenvalue weighted by atomic mass is 32.1. The molecule has 1 aromatic rings. The van der Waals surface area contributed by atoms with Crippen LogP contribution < -0.4 is 16.4 Å². The summed E-state index contributed by atoms with van der Waals surface area (Å²) in [7, 11) is 0. The van der Waals surface area contributed by atoms with E-state index in [2.05, 4.69) is 4.98 Å². The number of nitrogens with zero attached hydrogens (tertiary/aromatic N) is 2. The third-order valence-electron chi connectivity index (χ3n) is 3.47. The van der Waals surface area contributed by atoms with E-state index in [1.54, 1.807) is 18.5 Å². The summed E-state index contributed by atoms with van der Waals surface area (Å²) in [5, 5.41) is 0. The van der Waals surface area contributed by atoms with Crippen LogP contribution in [-0.2, 0) is 4.79 Å². The zero-order chi connectivity index (χ0) is 13.8. The van der Waals surface area contributed by atoms with Crippen LogP contribution in [0.25, 0.3) is 0 Å². The van der Waals surface area contributed by atoms with Crippen molar-refractivity contribution >= 4 is 28.8 Å². The topological polar surface area (TPSA) is 85.2 Å². The molecule has 4 N–H and O–H groups in total. The molecule has 2 rings (SSSR count). The highest BCUT2D eigenvalue weighted by Gasteiger charge is 2.26. The van der Waals surface area contributed by atoms with Crippen LogP contribution in [0.1, 0.15) is 31.2 Å². The third-order valence-corrected chi connectivity index (χ3v) is 3.69. The predicted molar refractivity (Wildman–Crippen MR) is 78.9 cm³/mol. The molecule has 1 saturated carbocycles. The molecule has 1 aliphatic carbocycles. The lowest BCUT2D eigenvalue weighted by molar-refractivity contribution is -0.116. The second-order valence-corrected chi connectivity index (χ2v) is 5.23. The molecule has 0 aliphatic heterocycles. The van der Waals surface area contributed by atoms with Gasteiger partial charge in [-0.3, -0.25) is 9.78 Å². The molecule has 102 valence electrons. The summed E-state index contributed by atoms with van der Waals surface area (Å²) in [6.07, 6.45) is 7.80. The van der Waals surface area contributed by atoms with Crippen molar-refractivity contribution in [2.24, 2.45) is 11.5 Å². The van der Waals surface area contributed by atoms with Gasteiger partial charge in [0.2, 0.25) is 5.91 Å². The van der Waals surface area contributed by atoms with Crippen LogP contribution >= 0.6 is 12.2 Å². The number of nitrogens with two attached hydrogens (primary N) is 2. The van der Waals surface area contributed by atoms with Crippen molar-refractivity contribution in [2.75, 3.05) is 11.4 Å². The van der Waals surface area contributed by atoms with Crippen LogP contribution in [0.3, 0.4) is 0 Å². The number of carbonyl (C=O) groups is 1. The molecule has 6 heteroatoms. The number of hydrogen-bond donors (Lipinski definition) is 2.